The second-order valence-electron chi connectivity index (χ2n) is 8.56. The van der Waals surface area contributed by atoms with Gasteiger partial charge in [0, 0.05) is 39.5 Å². The average Bonchev–Trinajstić information content (AvgIpc) is 3.28. The first-order valence-electron chi connectivity index (χ1n) is 11.3. The number of hydrogen-bond donors (Lipinski definition) is 2. The van der Waals surface area contributed by atoms with Gasteiger partial charge >= 0.3 is 22.5 Å². The monoisotopic (exact) mass is 544 g/mol. The van der Waals surface area contributed by atoms with Crippen LogP contribution in [0.3, 0.4) is 0 Å². The topological polar surface area (TPSA) is 176 Å². The van der Waals surface area contributed by atoms with E-state index in [4.69, 9.17) is 18.0 Å². The van der Waals surface area contributed by atoms with Crippen LogP contribution in [0.2, 0.25) is 0 Å². The highest BCUT2D eigenvalue weighted by molar-refractivity contribution is 7.81. The molecule has 4 atom stereocenters. The molecule has 0 radical (unpaired) electrons. The van der Waals surface area contributed by atoms with Gasteiger partial charge in [-0.1, -0.05) is 0 Å². The minimum absolute atomic E-state index is 0.0388. The van der Waals surface area contributed by atoms with Crippen LogP contribution in [0.5, 0.6) is 0 Å². The summed E-state index contributed by atoms with van der Waals surface area (Å²) >= 11 is 0. The van der Waals surface area contributed by atoms with E-state index in [2.05, 4.69) is 10.6 Å². The van der Waals surface area contributed by atoms with Gasteiger partial charge in [-0.25, -0.2) is 9.59 Å². The van der Waals surface area contributed by atoms with Gasteiger partial charge in [0.25, 0.3) is 0 Å². The van der Waals surface area contributed by atoms with E-state index in [1.54, 1.807) is 0 Å². The van der Waals surface area contributed by atoms with Crippen molar-refractivity contribution in [2.75, 3.05) is 54.6 Å². The summed E-state index contributed by atoms with van der Waals surface area (Å²) in [6.07, 6.45) is 3.00. The number of fused-ring (bicyclic) bond motifs is 4. The molecule has 4 heterocycles. The summed E-state index contributed by atoms with van der Waals surface area (Å²) < 4.78 is 46.2. The summed E-state index contributed by atoms with van der Waals surface area (Å²) in [5, 5.41) is 5.93. The maximum absolute atomic E-state index is 13.0. The third-order valence-corrected chi connectivity index (χ3v) is 7.12. The third kappa shape index (κ3) is 4.75. The molecule has 0 aromatic carbocycles. The summed E-state index contributed by atoms with van der Waals surface area (Å²) in [7, 11) is 0.541. The Kier molecular flexibility index (Phi) is 7.43. The number of carbonyl (C=O) groups excluding carboxylic acids is 4. The highest BCUT2D eigenvalue weighted by Gasteiger charge is 2.53. The fourth-order valence-electron chi connectivity index (χ4n) is 4.76. The zero-order valence-electron chi connectivity index (χ0n) is 20.6. The Morgan fingerprint density at radius 3 is 1.54 bits per heavy atom. The molecule has 6 amide bonds. The highest BCUT2D eigenvalue weighted by Crippen LogP contribution is 2.34. The van der Waals surface area contributed by atoms with Gasteiger partial charge in [0.15, 0.2) is 0 Å². The lowest BCUT2D eigenvalue weighted by molar-refractivity contribution is -0.119. The van der Waals surface area contributed by atoms with Gasteiger partial charge in [-0.15, -0.1) is 8.57 Å². The Labute approximate surface area is 212 Å². The van der Waals surface area contributed by atoms with Crippen molar-refractivity contribution < 1.29 is 45.6 Å². The van der Waals surface area contributed by atoms with Crippen LogP contribution in [-0.2, 0) is 38.0 Å². The van der Waals surface area contributed by atoms with E-state index >= 15 is 0 Å². The molecule has 4 aliphatic rings. The van der Waals surface area contributed by atoms with E-state index in [0.717, 1.165) is 0 Å². The summed E-state index contributed by atoms with van der Waals surface area (Å²) in [6.45, 7) is 0.0477. The standard InChI is InChI=1S/C20H28N6O10S/c1-21-17(27)13-5-11(9-33-3)23-7-15(13)25(19(23)29)35-37(31,32)36-26-16-8-24(20(26)30)12(10-34-4)6-14(16)18(28)22-2/h5-6,11-12,15-16H,7-10H2,1-4H3,(H,21,27)(H,22,28)/t11-,12-,15-,16-/m0/s1. The molecule has 0 aromatic rings. The Hall–Kier alpha value is -3.25. The van der Waals surface area contributed by atoms with Crippen molar-refractivity contribution in [2.24, 2.45) is 0 Å². The normalized spacial score (nSPS) is 26.9. The largest absolute Gasteiger partial charge is 0.442 e. The number of urea groups is 2. The van der Waals surface area contributed by atoms with Gasteiger partial charge in [-0.2, -0.15) is 18.5 Å². The molecule has 4 bridgehead atoms. The fraction of sp³-hybridized carbons (Fsp3) is 0.600. The van der Waals surface area contributed by atoms with Gasteiger partial charge in [0.1, 0.15) is 12.1 Å². The summed E-state index contributed by atoms with van der Waals surface area (Å²) in [5.41, 5.74) is 0.210. The number of hydrogen-bond acceptors (Lipinski definition) is 10. The van der Waals surface area contributed by atoms with Gasteiger partial charge in [-0.05, 0) is 12.2 Å². The average molecular weight is 545 g/mol. The second-order valence-corrected chi connectivity index (χ2v) is 9.67. The van der Waals surface area contributed by atoms with Gasteiger partial charge < -0.3 is 29.9 Å². The number of carbonyl (C=O) groups is 4. The third-order valence-electron chi connectivity index (χ3n) is 6.43. The minimum atomic E-state index is -5.09. The van der Waals surface area contributed by atoms with Gasteiger partial charge in [0.2, 0.25) is 11.8 Å². The summed E-state index contributed by atoms with van der Waals surface area (Å²) in [6, 6.07) is -5.08. The van der Waals surface area contributed by atoms with Crippen LogP contribution in [0.15, 0.2) is 23.3 Å². The molecule has 16 nitrogen and oxygen atoms in total. The number of hydroxylamine groups is 4. The first-order chi connectivity index (χ1) is 17.6. The zero-order valence-corrected chi connectivity index (χ0v) is 21.4. The maximum atomic E-state index is 13.0. The number of ether oxygens (including phenoxy) is 2. The Morgan fingerprint density at radius 2 is 1.22 bits per heavy atom. The molecular weight excluding hydrogens is 516 g/mol. The fourth-order valence-corrected chi connectivity index (χ4v) is 5.51. The minimum Gasteiger partial charge on any atom is -0.382 e. The van der Waals surface area contributed by atoms with E-state index in [9.17, 15) is 27.6 Å². The molecule has 0 saturated carbocycles. The summed E-state index contributed by atoms with van der Waals surface area (Å²) in [4.78, 5) is 53.5. The Balaban J connectivity index is 1.57. The first-order valence-corrected chi connectivity index (χ1v) is 12.6. The second kappa shape index (κ2) is 10.3. The molecule has 4 aliphatic heterocycles. The zero-order chi connectivity index (χ0) is 27.1. The molecule has 4 rings (SSSR count). The van der Waals surface area contributed by atoms with Crippen molar-refractivity contribution in [3.8, 4) is 0 Å². The Morgan fingerprint density at radius 1 is 0.838 bits per heavy atom. The van der Waals surface area contributed by atoms with Crippen LogP contribution >= 0.6 is 0 Å². The lowest BCUT2D eigenvalue weighted by Crippen LogP contribution is -2.44. The van der Waals surface area contributed by atoms with E-state index in [1.807, 2.05) is 0 Å². The molecule has 37 heavy (non-hydrogen) atoms. The molecule has 204 valence electrons. The molecule has 2 fully saturated rings. The quantitative estimate of drug-likeness (QED) is 0.304. The van der Waals surface area contributed by atoms with E-state index in [1.165, 1.54) is 50.3 Å². The van der Waals surface area contributed by atoms with Crippen molar-refractivity contribution in [1.82, 2.24) is 30.6 Å². The predicted molar refractivity (Wildman–Crippen MR) is 122 cm³/mol. The molecule has 2 N–H and O–H groups in total. The van der Waals surface area contributed by atoms with Crippen LogP contribution in [0.1, 0.15) is 0 Å². The van der Waals surface area contributed by atoms with Crippen LogP contribution in [0.4, 0.5) is 9.59 Å². The van der Waals surface area contributed by atoms with Crippen LogP contribution < -0.4 is 10.6 Å². The molecule has 17 heteroatoms. The molecule has 2 saturated heterocycles. The van der Waals surface area contributed by atoms with E-state index in [0.29, 0.717) is 10.1 Å². The van der Waals surface area contributed by atoms with Gasteiger partial charge in [0.05, 0.1) is 38.4 Å². The van der Waals surface area contributed by atoms with Crippen molar-refractivity contribution in [3.05, 3.63) is 23.3 Å². The highest BCUT2D eigenvalue weighted by atomic mass is 32.3. The number of nitrogens with one attached hydrogen (secondary N) is 2. The molecular formula is C20H28N6O10S. The predicted octanol–water partition coefficient (Wildman–Crippen LogP) is -2.29. The van der Waals surface area contributed by atoms with E-state index in [-0.39, 0.29) is 37.4 Å². The van der Waals surface area contributed by atoms with Gasteiger partial charge in [-0.3, -0.25) is 9.59 Å². The number of rotatable bonds is 10. The number of nitrogens with zero attached hydrogens (tertiary/aromatic N) is 4. The SMILES string of the molecule is CNC(=O)C1=C[C@@H](COC)N2C[C@@H]1N(OS(=O)(=O)ON1C(=O)N3C[C@H]1C(C(=O)NC)=C[C@H]3COC)C2=O. The Bertz CT molecular complexity index is 1070. The lowest BCUT2D eigenvalue weighted by Gasteiger charge is -2.28. The van der Waals surface area contributed by atoms with Crippen molar-refractivity contribution >= 4 is 34.3 Å². The van der Waals surface area contributed by atoms with Crippen LogP contribution in [-0.4, -0.2) is 131 Å². The smallest absolute Gasteiger partial charge is 0.382 e. The molecule has 0 aromatic heterocycles. The van der Waals surface area contributed by atoms with Crippen LogP contribution in [0.25, 0.3) is 0 Å². The number of likely N-dealkylation sites (N-methyl/N-ethyl adjacent to an activating group) is 2. The van der Waals surface area contributed by atoms with Crippen molar-refractivity contribution in [1.29, 1.82) is 0 Å². The summed E-state index contributed by atoms with van der Waals surface area (Å²) in [5.74, 6) is -1.07. The number of methoxy groups -OCH3 is 2. The molecule has 0 aliphatic carbocycles. The number of amides is 6. The van der Waals surface area contributed by atoms with Crippen molar-refractivity contribution in [3.63, 3.8) is 0 Å². The van der Waals surface area contributed by atoms with E-state index < -0.39 is 58.4 Å². The molecule has 0 spiro atoms. The maximum Gasteiger partial charge on any atom is 0.442 e. The van der Waals surface area contributed by atoms with Crippen molar-refractivity contribution in [2.45, 2.75) is 24.2 Å². The lowest BCUT2D eigenvalue weighted by atomic mass is 9.99. The first kappa shape index (κ1) is 26.8. The molecule has 0 unspecified atom stereocenters. The van der Waals surface area contributed by atoms with Crippen LogP contribution in [0, 0.1) is 0 Å².